The normalized spacial score (nSPS) is 11.6. The van der Waals surface area contributed by atoms with Crippen molar-refractivity contribution in [1.82, 2.24) is 5.32 Å². The Morgan fingerprint density at radius 2 is 2.07 bits per heavy atom. The monoisotopic (exact) mass is 234 g/mol. The number of hydrogen-bond acceptors (Lipinski definition) is 5. The quantitative estimate of drug-likeness (QED) is 0.645. The van der Waals surface area contributed by atoms with Gasteiger partial charge in [-0.05, 0) is 13.8 Å². The maximum absolute atomic E-state index is 11.1. The summed E-state index contributed by atoms with van der Waals surface area (Å²) in [6.07, 6.45) is 0. The molecule has 1 atom stereocenters. The van der Waals surface area contributed by atoms with E-state index in [2.05, 4.69) is 4.74 Å². The van der Waals surface area contributed by atoms with Crippen LogP contribution in [0.3, 0.4) is 0 Å². The smallest absolute Gasteiger partial charge is 0.318 e. The van der Waals surface area contributed by atoms with Gasteiger partial charge >= 0.3 is 12.0 Å². The van der Waals surface area contributed by atoms with Crippen LogP contribution in [0.5, 0.6) is 0 Å². The fraction of sp³-hybridized carbons (Fsp3) is 0.625. The van der Waals surface area contributed by atoms with E-state index in [1.807, 2.05) is 5.32 Å². The van der Waals surface area contributed by atoms with Crippen molar-refractivity contribution in [2.24, 2.45) is 5.73 Å². The average molecular weight is 234 g/mol. The van der Waals surface area contributed by atoms with Crippen LogP contribution < -0.4 is 11.1 Å². The lowest BCUT2D eigenvalue weighted by Gasteiger charge is -2.09. The molecule has 0 rings (SSSR count). The van der Waals surface area contributed by atoms with Crippen LogP contribution in [-0.4, -0.2) is 35.5 Å². The van der Waals surface area contributed by atoms with Crippen LogP contribution in [0, 0.1) is 0 Å². The lowest BCUT2D eigenvalue weighted by Crippen LogP contribution is -2.39. The highest BCUT2D eigenvalue weighted by Crippen LogP contribution is 2.10. The van der Waals surface area contributed by atoms with Crippen molar-refractivity contribution in [2.45, 2.75) is 19.1 Å². The van der Waals surface area contributed by atoms with Gasteiger partial charge in [-0.1, -0.05) is 0 Å². The van der Waals surface area contributed by atoms with E-state index < -0.39 is 17.2 Å². The zero-order chi connectivity index (χ0) is 11.8. The molecule has 6 nitrogen and oxygen atoms in total. The molecule has 0 saturated carbocycles. The molecule has 0 spiro atoms. The molecule has 0 heterocycles. The number of carbonyl (C=O) groups excluding carboxylic acids is 3. The van der Waals surface area contributed by atoms with E-state index >= 15 is 0 Å². The van der Waals surface area contributed by atoms with Crippen LogP contribution in [0.15, 0.2) is 0 Å². The molecule has 0 aliphatic carbocycles. The van der Waals surface area contributed by atoms with Gasteiger partial charge in [0.15, 0.2) is 0 Å². The van der Waals surface area contributed by atoms with Gasteiger partial charge in [0.05, 0.1) is 17.6 Å². The number of rotatable bonds is 5. The third kappa shape index (κ3) is 6.78. The molecule has 0 aliphatic heterocycles. The number of thioether (sulfide) groups is 1. The molecular weight excluding hydrogens is 220 g/mol. The third-order valence-electron chi connectivity index (χ3n) is 1.37. The molecule has 3 amide bonds. The summed E-state index contributed by atoms with van der Waals surface area (Å²) in [7, 11) is 0. The number of esters is 1. The Labute approximate surface area is 91.9 Å². The zero-order valence-electron chi connectivity index (χ0n) is 8.61. The van der Waals surface area contributed by atoms with Gasteiger partial charge in [-0.15, -0.1) is 11.8 Å². The van der Waals surface area contributed by atoms with Gasteiger partial charge in [-0.25, -0.2) is 4.79 Å². The molecule has 3 N–H and O–H groups in total. The van der Waals surface area contributed by atoms with Crippen molar-refractivity contribution in [3.05, 3.63) is 0 Å². The predicted octanol–water partition coefficient (Wildman–Crippen LogP) is -0.134. The summed E-state index contributed by atoms with van der Waals surface area (Å²) in [6.45, 7) is 3.58. The van der Waals surface area contributed by atoms with E-state index in [4.69, 9.17) is 5.73 Å². The van der Waals surface area contributed by atoms with Gasteiger partial charge in [0.2, 0.25) is 5.91 Å². The molecule has 0 unspecified atom stereocenters. The Morgan fingerprint density at radius 1 is 1.47 bits per heavy atom. The Hall–Kier alpha value is -1.24. The largest absolute Gasteiger partial charge is 0.465 e. The van der Waals surface area contributed by atoms with Crippen LogP contribution in [0.25, 0.3) is 0 Å². The number of imide groups is 1. The average Bonchev–Trinajstić information content (AvgIpc) is 2.13. The number of amides is 3. The summed E-state index contributed by atoms with van der Waals surface area (Å²) in [6, 6.07) is -0.899. The number of nitrogens with one attached hydrogen (secondary N) is 1. The molecule has 15 heavy (non-hydrogen) atoms. The Morgan fingerprint density at radius 3 is 2.53 bits per heavy atom. The number of carbonyl (C=O) groups is 3. The van der Waals surface area contributed by atoms with Crippen molar-refractivity contribution in [3.8, 4) is 0 Å². The van der Waals surface area contributed by atoms with Crippen molar-refractivity contribution >= 4 is 29.7 Å². The second-order valence-electron chi connectivity index (χ2n) is 2.61. The Kier molecular flexibility index (Phi) is 6.52. The van der Waals surface area contributed by atoms with E-state index in [0.29, 0.717) is 6.61 Å². The SMILES string of the molecule is CCOC(=O)CS[C@@H](C)C(=O)NC(N)=O. The van der Waals surface area contributed by atoms with Crippen LogP contribution in [0.1, 0.15) is 13.8 Å². The van der Waals surface area contributed by atoms with Gasteiger partial charge < -0.3 is 10.5 Å². The summed E-state index contributed by atoms with van der Waals surface area (Å²) in [5, 5.41) is 1.40. The van der Waals surface area contributed by atoms with E-state index in [1.165, 1.54) is 0 Å². The maximum Gasteiger partial charge on any atom is 0.318 e. The summed E-state index contributed by atoms with van der Waals surface area (Å²) in [4.78, 5) is 32.4. The fourth-order valence-electron chi connectivity index (χ4n) is 0.694. The first-order valence-corrected chi connectivity index (χ1v) is 5.39. The molecule has 7 heteroatoms. The van der Waals surface area contributed by atoms with Gasteiger partial charge in [-0.3, -0.25) is 14.9 Å². The molecule has 0 aliphatic rings. The first-order chi connectivity index (χ1) is 6.97. The fourth-order valence-corrected chi connectivity index (χ4v) is 1.37. The Bertz CT molecular complexity index is 257. The molecule has 86 valence electrons. The van der Waals surface area contributed by atoms with Crippen LogP contribution >= 0.6 is 11.8 Å². The molecular formula is C8H14N2O4S. The molecule has 0 aromatic carbocycles. The second kappa shape index (κ2) is 7.10. The van der Waals surface area contributed by atoms with Crippen molar-refractivity contribution in [1.29, 1.82) is 0 Å². The highest BCUT2D eigenvalue weighted by molar-refractivity contribution is 8.01. The minimum Gasteiger partial charge on any atom is -0.465 e. The summed E-state index contributed by atoms with van der Waals surface area (Å²) >= 11 is 1.08. The van der Waals surface area contributed by atoms with Crippen LogP contribution in [-0.2, 0) is 14.3 Å². The third-order valence-corrected chi connectivity index (χ3v) is 2.49. The van der Waals surface area contributed by atoms with Gasteiger partial charge in [-0.2, -0.15) is 0 Å². The number of primary amides is 1. The molecule has 0 fully saturated rings. The van der Waals surface area contributed by atoms with Crippen molar-refractivity contribution < 1.29 is 19.1 Å². The molecule has 0 aromatic rings. The number of nitrogens with two attached hydrogens (primary N) is 1. The highest BCUT2D eigenvalue weighted by Gasteiger charge is 2.16. The van der Waals surface area contributed by atoms with E-state index in [1.54, 1.807) is 13.8 Å². The predicted molar refractivity (Wildman–Crippen MR) is 56.3 cm³/mol. The molecule has 0 bridgehead atoms. The minimum atomic E-state index is -0.899. The first-order valence-electron chi connectivity index (χ1n) is 4.34. The second-order valence-corrected chi connectivity index (χ2v) is 3.94. The summed E-state index contributed by atoms with van der Waals surface area (Å²) in [5.74, 6) is -0.834. The van der Waals surface area contributed by atoms with Gasteiger partial charge in [0.25, 0.3) is 0 Å². The first kappa shape index (κ1) is 13.8. The van der Waals surface area contributed by atoms with E-state index in [0.717, 1.165) is 11.8 Å². The van der Waals surface area contributed by atoms with Crippen LogP contribution in [0.4, 0.5) is 4.79 Å². The number of urea groups is 1. The lowest BCUT2D eigenvalue weighted by atomic mass is 10.4. The molecule has 0 aromatic heterocycles. The van der Waals surface area contributed by atoms with Gasteiger partial charge in [0, 0.05) is 0 Å². The van der Waals surface area contributed by atoms with Crippen molar-refractivity contribution in [3.63, 3.8) is 0 Å². The standard InChI is InChI=1S/C8H14N2O4S/c1-3-14-6(11)4-15-5(2)7(12)10-8(9)13/h5H,3-4H2,1-2H3,(H3,9,10,12,13)/t5-/m0/s1. The van der Waals surface area contributed by atoms with Gasteiger partial charge in [0.1, 0.15) is 0 Å². The minimum absolute atomic E-state index is 0.0706. The van der Waals surface area contributed by atoms with Crippen LogP contribution in [0.2, 0.25) is 0 Å². The summed E-state index contributed by atoms with van der Waals surface area (Å²) < 4.78 is 4.67. The highest BCUT2D eigenvalue weighted by atomic mass is 32.2. The maximum atomic E-state index is 11.1. The topological polar surface area (TPSA) is 98.5 Å². The molecule has 0 saturated heterocycles. The van der Waals surface area contributed by atoms with E-state index in [-0.39, 0.29) is 11.7 Å². The Balaban J connectivity index is 3.82. The van der Waals surface area contributed by atoms with E-state index in [9.17, 15) is 14.4 Å². The lowest BCUT2D eigenvalue weighted by molar-refractivity contribution is -0.139. The number of hydrogen-bond donors (Lipinski definition) is 2. The zero-order valence-corrected chi connectivity index (χ0v) is 9.43. The van der Waals surface area contributed by atoms with Crippen molar-refractivity contribution in [2.75, 3.05) is 12.4 Å². The summed E-state index contributed by atoms with van der Waals surface area (Å²) in [5.41, 5.74) is 4.76. The number of ether oxygens (including phenoxy) is 1. The molecule has 0 radical (unpaired) electrons.